The third-order valence-electron chi connectivity index (χ3n) is 3.56. The van der Waals surface area contributed by atoms with E-state index in [-0.39, 0.29) is 17.4 Å². The van der Waals surface area contributed by atoms with Crippen LogP contribution in [-0.4, -0.2) is 34.2 Å². The van der Waals surface area contributed by atoms with Gasteiger partial charge >= 0.3 is 0 Å². The molecule has 86 valence electrons. The number of carbonyl (C=O) groups is 1. The standard InChI is InChI=1S/C10H13N3O2S/c14-9-5-7(8-6-16-13-12-8)10(11-9)1-3-15-4-2-10/h6-7H,1-5H2,(H,11,14). The normalized spacial score (nSPS) is 28.2. The van der Waals surface area contributed by atoms with Gasteiger partial charge < -0.3 is 10.1 Å². The van der Waals surface area contributed by atoms with E-state index in [2.05, 4.69) is 14.9 Å². The summed E-state index contributed by atoms with van der Waals surface area (Å²) in [6.45, 7) is 1.43. The maximum absolute atomic E-state index is 11.6. The van der Waals surface area contributed by atoms with Gasteiger partial charge in [0, 0.05) is 30.9 Å². The average Bonchev–Trinajstić information content (AvgIpc) is 2.88. The Morgan fingerprint density at radius 2 is 2.31 bits per heavy atom. The molecule has 1 atom stereocenters. The Kier molecular flexibility index (Phi) is 2.40. The van der Waals surface area contributed by atoms with Crippen molar-refractivity contribution in [3.05, 3.63) is 11.1 Å². The van der Waals surface area contributed by atoms with E-state index in [1.165, 1.54) is 11.5 Å². The molecule has 0 aromatic carbocycles. The van der Waals surface area contributed by atoms with Gasteiger partial charge in [0.2, 0.25) is 5.91 Å². The lowest BCUT2D eigenvalue weighted by Crippen LogP contribution is -2.49. The molecule has 5 nitrogen and oxygen atoms in total. The van der Waals surface area contributed by atoms with Crippen LogP contribution in [0.4, 0.5) is 0 Å². The molecule has 2 aliphatic rings. The summed E-state index contributed by atoms with van der Waals surface area (Å²) in [5.74, 6) is 0.294. The van der Waals surface area contributed by atoms with Crippen molar-refractivity contribution in [2.24, 2.45) is 0 Å². The van der Waals surface area contributed by atoms with Gasteiger partial charge in [-0.25, -0.2) is 0 Å². The van der Waals surface area contributed by atoms with Crippen molar-refractivity contribution < 1.29 is 9.53 Å². The number of nitrogens with zero attached hydrogens (tertiary/aromatic N) is 2. The van der Waals surface area contributed by atoms with Crippen molar-refractivity contribution in [2.45, 2.75) is 30.7 Å². The molecular weight excluding hydrogens is 226 g/mol. The fraction of sp³-hybridized carbons (Fsp3) is 0.700. The van der Waals surface area contributed by atoms with Crippen LogP contribution in [0.25, 0.3) is 0 Å². The zero-order valence-corrected chi connectivity index (χ0v) is 9.63. The lowest BCUT2D eigenvalue weighted by atomic mass is 9.78. The molecule has 0 saturated carbocycles. The number of aromatic nitrogens is 2. The predicted octanol–water partition coefficient (Wildman–Crippen LogP) is 0.691. The fourth-order valence-electron chi connectivity index (χ4n) is 2.72. The third-order valence-corrected chi connectivity index (χ3v) is 4.09. The lowest BCUT2D eigenvalue weighted by molar-refractivity contribution is -0.120. The summed E-state index contributed by atoms with van der Waals surface area (Å²) in [6, 6.07) is 0. The predicted molar refractivity (Wildman–Crippen MR) is 58.2 cm³/mol. The topological polar surface area (TPSA) is 64.1 Å². The van der Waals surface area contributed by atoms with E-state index < -0.39 is 0 Å². The van der Waals surface area contributed by atoms with Crippen molar-refractivity contribution in [1.29, 1.82) is 0 Å². The minimum Gasteiger partial charge on any atom is -0.381 e. The second-order valence-electron chi connectivity index (χ2n) is 4.40. The molecule has 0 aliphatic carbocycles. The summed E-state index contributed by atoms with van der Waals surface area (Å²) in [7, 11) is 0. The molecule has 1 N–H and O–H groups in total. The molecule has 3 heterocycles. The number of hydrogen-bond acceptors (Lipinski definition) is 5. The van der Waals surface area contributed by atoms with Gasteiger partial charge in [-0.3, -0.25) is 4.79 Å². The molecule has 0 bridgehead atoms. The van der Waals surface area contributed by atoms with Gasteiger partial charge in [-0.05, 0) is 24.4 Å². The Morgan fingerprint density at radius 1 is 1.50 bits per heavy atom. The molecule has 16 heavy (non-hydrogen) atoms. The second kappa shape index (κ2) is 3.78. The molecule has 1 amide bonds. The Hall–Kier alpha value is -1.01. The first-order chi connectivity index (χ1) is 7.80. The highest BCUT2D eigenvalue weighted by atomic mass is 32.1. The van der Waals surface area contributed by atoms with Gasteiger partial charge in [-0.1, -0.05) is 4.49 Å². The highest BCUT2D eigenvalue weighted by Gasteiger charge is 2.48. The van der Waals surface area contributed by atoms with Crippen LogP contribution in [0.5, 0.6) is 0 Å². The van der Waals surface area contributed by atoms with Gasteiger partial charge in [0.1, 0.15) is 0 Å². The van der Waals surface area contributed by atoms with Gasteiger partial charge in [0.25, 0.3) is 0 Å². The van der Waals surface area contributed by atoms with E-state index in [9.17, 15) is 4.79 Å². The number of rotatable bonds is 1. The quantitative estimate of drug-likeness (QED) is 0.783. The van der Waals surface area contributed by atoms with E-state index in [1.807, 2.05) is 5.38 Å². The van der Waals surface area contributed by atoms with Gasteiger partial charge in [-0.2, -0.15) is 0 Å². The minimum absolute atomic E-state index is 0.125. The number of hydrogen-bond donors (Lipinski definition) is 1. The molecule has 0 radical (unpaired) electrons. The van der Waals surface area contributed by atoms with E-state index in [1.54, 1.807) is 0 Å². The lowest BCUT2D eigenvalue weighted by Gasteiger charge is -2.37. The number of amides is 1. The summed E-state index contributed by atoms with van der Waals surface area (Å²) in [5.41, 5.74) is 0.815. The SMILES string of the molecule is O=C1CC(c2csnn2)C2(CCOCC2)N1. The summed E-state index contributed by atoms with van der Waals surface area (Å²) < 4.78 is 9.26. The fourth-order valence-corrected chi connectivity index (χ4v) is 3.22. The zero-order chi connectivity index (χ0) is 11.0. The van der Waals surface area contributed by atoms with E-state index in [4.69, 9.17) is 4.74 Å². The monoisotopic (exact) mass is 239 g/mol. The maximum atomic E-state index is 11.6. The first-order valence-corrected chi connectivity index (χ1v) is 6.29. The summed E-state index contributed by atoms with van der Waals surface area (Å²) in [6.07, 6.45) is 2.28. The molecule has 1 aromatic heterocycles. The molecule has 1 aromatic rings. The van der Waals surface area contributed by atoms with Crippen LogP contribution in [0.1, 0.15) is 30.9 Å². The minimum atomic E-state index is -0.134. The van der Waals surface area contributed by atoms with Gasteiger partial charge in [0.05, 0.1) is 11.2 Å². The Morgan fingerprint density at radius 3 is 3.00 bits per heavy atom. The number of nitrogens with one attached hydrogen (secondary N) is 1. The second-order valence-corrected chi connectivity index (χ2v) is 5.01. The van der Waals surface area contributed by atoms with Crippen LogP contribution in [0.15, 0.2) is 5.38 Å². The summed E-state index contributed by atoms with van der Waals surface area (Å²) in [5, 5.41) is 9.19. The van der Waals surface area contributed by atoms with E-state index in [0.29, 0.717) is 19.6 Å². The van der Waals surface area contributed by atoms with Crippen LogP contribution in [-0.2, 0) is 9.53 Å². The molecule has 2 aliphatic heterocycles. The Bertz CT molecular complexity index is 387. The first-order valence-electron chi connectivity index (χ1n) is 5.46. The number of ether oxygens (including phenoxy) is 1. The first kappa shape index (κ1) is 10.2. The van der Waals surface area contributed by atoms with Crippen LogP contribution < -0.4 is 5.32 Å². The molecule has 6 heteroatoms. The van der Waals surface area contributed by atoms with Crippen molar-refractivity contribution in [1.82, 2.24) is 14.9 Å². The molecule has 1 unspecified atom stereocenters. The van der Waals surface area contributed by atoms with Crippen LogP contribution in [0, 0.1) is 0 Å². The van der Waals surface area contributed by atoms with Crippen LogP contribution in [0.3, 0.4) is 0 Å². The van der Waals surface area contributed by atoms with Crippen molar-refractivity contribution in [3.63, 3.8) is 0 Å². The maximum Gasteiger partial charge on any atom is 0.221 e. The average molecular weight is 239 g/mol. The Balaban J connectivity index is 1.93. The van der Waals surface area contributed by atoms with Crippen LogP contribution in [0.2, 0.25) is 0 Å². The molecule has 1 spiro atoms. The highest BCUT2D eigenvalue weighted by Crippen LogP contribution is 2.42. The van der Waals surface area contributed by atoms with E-state index in [0.717, 1.165) is 18.5 Å². The zero-order valence-electron chi connectivity index (χ0n) is 8.81. The van der Waals surface area contributed by atoms with Crippen molar-refractivity contribution >= 4 is 17.4 Å². The highest BCUT2D eigenvalue weighted by molar-refractivity contribution is 7.03. The van der Waals surface area contributed by atoms with Crippen molar-refractivity contribution in [2.75, 3.05) is 13.2 Å². The van der Waals surface area contributed by atoms with Gasteiger partial charge in [0.15, 0.2) is 0 Å². The summed E-state index contributed by atoms with van der Waals surface area (Å²) >= 11 is 1.34. The largest absolute Gasteiger partial charge is 0.381 e. The summed E-state index contributed by atoms with van der Waals surface area (Å²) in [4.78, 5) is 11.6. The Labute approximate surface area is 97.4 Å². The van der Waals surface area contributed by atoms with Gasteiger partial charge in [-0.15, -0.1) is 5.10 Å². The molecule has 2 fully saturated rings. The number of carbonyl (C=O) groups excluding carboxylic acids is 1. The van der Waals surface area contributed by atoms with Crippen LogP contribution >= 0.6 is 11.5 Å². The molecular formula is C10H13N3O2S. The van der Waals surface area contributed by atoms with E-state index >= 15 is 0 Å². The molecule has 3 rings (SSSR count). The third kappa shape index (κ3) is 1.53. The smallest absolute Gasteiger partial charge is 0.221 e. The van der Waals surface area contributed by atoms with Crippen molar-refractivity contribution in [3.8, 4) is 0 Å². The molecule has 2 saturated heterocycles.